The molecule has 1 saturated heterocycles. The minimum atomic E-state index is -4.28. The second-order valence-electron chi connectivity index (χ2n) is 7.68. The second kappa shape index (κ2) is 8.41. The summed E-state index contributed by atoms with van der Waals surface area (Å²) < 4.78 is 76.9. The fourth-order valence-electron chi connectivity index (χ4n) is 4.05. The zero-order valence-corrected chi connectivity index (χ0v) is 16.3. The number of halogens is 6. The van der Waals surface area contributed by atoms with Gasteiger partial charge >= 0.3 is 12.4 Å². The van der Waals surface area contributed by atoms with E-state index in [0.29, 0.717) is 22.7 Å². The number of hydrogen-bond acceptors (Lipinski definition) is 4. The molecule has 0 unspecified atom stereocenters. The molecule has 1 aromatic rings. The van der Waals surface area contributed by atoms with Gasteiger partial charge in [0, 0.05) is 19.0 Å². The summed E-state index contributed by atoms with van der Waals surface area (Å²) in [6, 6.07) is 0. The van der Waals surface area contributed by atoms with Crippen molar-refractivity contribution in [2.24, 2.45) is 11.8 Å². The Morgan fingerprint density at radius 2 is 1.48 bits per heavy atom. The first kappa shape index (κ1) is 22.3. The van der Waals surface area contributed by atoms with E-state index in [-0.39, 0.29) is 50.4 Å². The van der Waals surface area contributed by atoms with E-state index in [2.05, 4.69) is 4.98 Å². The molecule has 1 aliphatic carbocycles. The Morgan fingerprint density at radius 1 is 0.966 bits per heavy atom. The molecular weight excluding hydrogens is 422 g/mol. The van der Waals surface area contributed by atoms with Crippen LogP contribution in [0.1, 0.15) is 64.8 Å². The molecule has 2 heterocycles. The van der Waals surface area contributed by atoms with Crippen molar-refractivity contribution in [3.8, 4) is 0 Å². The third-order valence-corrected chi connectivity index (χ3v) is 7.05. The Morgan fingerprint density at radius 3 is 1.97 bits per heavy atom. The number of piperidine rings is 1. The van der Waals surface area contributed by atoms with Gasteiger partial charge in [0.2, 0.25) is 0 Å². The van der Waals surface area contributed by atoms with Gasteiger partial charge in [-0.2, -0.15) is 26.3 Å². The first-order valence-electron chi connectivity index (χ1n) is 9.53. The lowest BCUT2D eigenvalue weighted by Crippen LogP contribution is -2.42. The number of aromatic nitrogens is 1. The molecule has 3 rings (SSSR count). The maximum atomic E-state index is 12.8. The molecule has 1 N–H and O–H groups in total. The molecule has 1 aromatic heterocycles. The molecule has 164 valence electrons. The van der Waals surface area contributed by atoms with Crippen molar-refractivity contribution in [1.82, 2.24) is 9.88 Å². The standard InChI is InChI=1S/C18H22F6N2O2S/c19-17(20,21)11-3-1-10(2-4-11)15-25-14(13(9-27)29-15)16(28)26-7-5-12(6-8-26)18(22,23)24/h10-12,27H,1-9H2. The summed E-state index contributed by atoms with van der Waals surface area (Å²) >= 11 is 1.10. The Balaban J connectivity index is 1.67. The minimum Gasteiger partial charge on any atom is -0.391 e. The van der Waals surface area contributed by atoms with E-state index >= 15 is 0 Å². The number of amides is 1. The monoisotopic (exact) mass is 444 g/mol. The molecule has 0 spiro atoms. The summed E-state index contributed by atoms with van der Waals surface area (Å²) in [7, 11) is 0. The molecule has 1 aliphatic heterocycles. The third kappa shape index (κ3) is 5.04. The SMILES string of the molecule is O=C(c1nc(C2CCC(C(F)(F)F)CC2)sc1CO)N1CCC(C(F)(F)F)CC1. The van der Waals surface area contributed by atoms with E-state index in [4.69, 9.17) is 0 Å². The van der Waals surface area contributed by atoms with Gasteiger partial charge in [-0.1, -0.05) is 0 Å². The molecule has 1 saturated carbocycles. The van der Waals surface area contributed by atoms with Crippen molar-refractivity contribution >= 4 is 17.2 Å². The second-order valence-corrected chi connectivity index (χ2v) is 8.80. The summed E-state index contributed by atoms with van der Waals surface area (Å²) in [6.45, 7) is -0.537. The van der Waals surface area contributed by atoms with Crippen molar-refractivity contribution in [1.29, 1.82) is 0 Å². The van der Waals surface area contributed by atoms with Crippen LogP contribution in [0.4, 0.5) is 26.3 Å². The predicted molar refractivity (Wildman–Crippen MR) is 93.5 cm³/mol. The summed E-state index contributed by atoms with van der Waals surface area (Å²) in [4.78, 5) is 18.7. The van der Waals surface area contributed by atoms with E-state index in [9.17, 15) is 36.2 Å². The van der Waals surface area contributed by atoms with E-state index in [1.54, 1.807) is 0 Å². The zero-order chi connectivity index (χ0) is 21.4. The lowest BCUT2D eigenvalue weighted by molar-refractivity contribution is -0.184. The van der Waals surface area contributed by atoms with Gasteiger partial charge in [-0.15, -0.1) is 11.3 Å². The van der Waals surface area contributed by atoms with E-state index < -0.39 is 36.7 Å². The molecule has 0 aromatic carbocycles. The first-order valence-corrected chi connectivity index (χ1v) is 10.4. The van der Waals surface area contributed by atoms with Crippen LogP contribution in [0.15, 0.2) is 0 Å². The first-order chi connectivity index (χ1) is 13.5. The van der Waals surface area contributed by atoms with E-state index in [1.807, 2.05) is 0 Å². The van der Waals surface area contributed by atoms with Crippen LogP contribution in [0.25, 0.3) is 0 Å². The van der Waals surface area contributed by atoms with Crippen molar-refractivity contribution in [3.63, 3.8) is 0 Å². The lowest BCUT2D eigenvalue weighted by atomic mass is 9.82. The van der Waals surface area contributed by atoms with Crippen LogP contribution in [0.3, 0.4) is 0 Å². The maximum absolute atomic E-state index is 12.8. The van der Waals surface area contributed by atoms with Crippen molar-refractivity contribution in [2.75, 3.05) is 13.1 Å². The summed E-state index contributed by atoms with van der Waals surface area (Å²) in [5, 5.41) is 10.1. The Hall–Kier alpha value is -1.36. The molecular formula is C18H22F6N2O2S. The van der Waals surface area contributed by atoms with Crippen LogP contribution >= 0.6 is 11.3 Å². The Bertz CT molecular complexity index is 717. The van der Waals surface area contributed by atoms with Crippen molar-refractivity contribution in [3.05, 3.63) is 15.6 Å². The number of aliphatic hydroxyl groups excluding tert-OH is 1. The molecule has 0 atom stereocenters. The molecule has 0 radical (unpaired) electrons. The Kier molecular flexibility index (Phi) is 6.47. The quantitative estimate of drug-likeness (QED) is 0.676. The van der Waals surface area contributed by atoms with Gasteiger partial charge < -0.3 is 10.0 Å². The number of carbonyl (C=O) groups excluding carboxylic acids is 1. The van der Waals surface area contributed by atoms with Gasteiger partial charge in [0.1, 0.15) is 5.69 Å². The number of alkyl halides is 6. The zero-order valence-electron chi connectivity index (χ0n) is 15.5. The third-order valence-electron chi connectivity index (χ3n) is 5.84. The van der Waals surface area contributed by atoms with Crippen molar-refractivity contribution < 1.29 is 36.2 Å². The summed E-state index contributed by atoms with van der Waals surface area (Å²) in [5.41, 5.74) is 0.0101. The molecule has 11 heteroatoms. The van der Waals surface area contributed by atoms with Gasteiger partial charge in [0.05, 0.1) is 28.3 Å². The number of thiazole rings is 1. The summed E-state index contributed by atoms with van der Waals surface area (Å²) in [6.07, 6.45) is -8.26. The number of aliphatic hydroxyl groups is 1. The van der Waals surface area contributed by atoms with Crippen LogP contribution in [0.5, 0.6) is 0 Å². The number of nitrogens with zero attached hydrogens (tertiary/aromatic N) is 2. The maximum Gasteiger partial charge on any atom is 0.391 e. The number of rotatable bonds is 3. The summed E-state index contributed by atoms with van der Waals surface area (Å²) in [5.74, 6) is -3.49. The molecule has 29 heavy (non-hydrogen) atoms. The fourth-order valence-corrected chi connectivity index (χ4v) is 5.13. The van der Waals surface area contributed by atoms with Gasteiger partial charge in [0.15, 0.2) is 0 Å². The van der Waals surface area contributed by atoms with Crippen LogP contribution in [-0.4, -0.2) is 46.3 Å². The van der Waals surface area contributed by atoms with E-state index in [1.165, 1.54) is 4.90 Å². The largest absolute Gasteiger partial charge is 0.391 e. The molecule has 0 bridgehead atoms. The topological polar surface area (TPSA) is 53.4 Å². The molecule has 1 amide bonds. The highest BCUT2D eigenvalue weighted by Gasteiger charge is 2.43. The highest BCUT2D eigenvalue weighted by molar-refractivity contribution is 7.12. The smallest absolute Gasteiger partial charge is 0.391 e. The average molecular weight is 444 g/mol. The van der Waals surface area contributed by atoms with Crippen molar-refractivity contribution in [2.45, 2.75) is 63.4 Å². The van der Waals surface area contributed by atoms with Gasteiger partial charge in [0.25, 0.3) is 5.91 Å². The number of hydrogen-bond donors (Lipinski definition) is 1. The van der Waals surface area contributed by atoms with Gasteiger partial charge in [-0.25, -0.2) is 4.98 Å². The number of carbonyl (C=O) groups is 1. The van der Waals surface area contributed by atoms with Gasteiger partial charge in [-0.05, 0) is 38.5 Å². The number of likely N-dealkylation sites (tertiary alicyclic amines) is 1. The van der Waals surface area contributed by atoms with Crippen LogP contribution in [0, 0.1) is 11.8 Å². The normalized spacial score (nSPS) is 24.7. The molecule has 2 fully saturated rings. The fraction of sp³-hybridized carbons (Fsp3) is 0.778. The van der Waals surface area contributed by atoms with Crippen LogP contribution in [-0.2, 0) is 6.61 Å². The molecule has 4 nitrogen and oxygen atoms in total. The van der Waals surface area contributed by atoms with Crippen LogP contribution in [0.2, 0.25) is 0 Å². The Labute approximate surface area is 167 Å². The van der Waals surface area contributed by atoms with Gasteiger partial charge in [-0.3, -0.25) is 4.79 Å². The van der Waals surface area contributed by atoms with E-state index in [0.717, 1.165) is 11.3 Å². The highest BCUT2D eigenvalue weighted by atomic mass is 32.1. The molecule has 2 aliphatic rings. The van der Waals surface area contributed by atoms with Crippen LogP contribution < -0.4 is 0 Å². The minimum absolute atomic E-state index is 0.00353. The lowest BCUT2D eigenvalue weighted by Gasteiger charge is -2.32. The average Bonchev–Trinajstić information content (AvgIpc) is 3.10. The highest BCUT2D eigenvalue weighted by Crippen LogP contribution is 2.44. The predicted octanol–water partition coefficient (Wildman–Crippen LogP) is 4.89.